The lowest BCUT2D eigenvalue weighted by molar-refractivity contribution is 0.299. The second kappa shape index (κ2) is 5.69. The average Bonchev–Trinajstić information content (AvgIpc) is 2.86. The highest BCUT2D eigenvalue weighted by molar-refractivity contribution is 7.93. The van der Waals surface area contributed by atoms with Crippen LogP contribution in [0.1, 0.15) is 12.0 Å². The molecule has 0 amide bonds. The van der Waals surface area contributed by atoms with Crippen LogP contribution in [-0.4, -0.2) is 38.5 Å². The summed E-state index contributed by atoms with van der Waals surface area (Å²) in [5, 5.41) is 11.5. The van der Waals surface area contributed by atoms with Crippen LogP contribution in [0.5, 0.6) is 0 Å². The van der Waals surface area contributed by atoms with Gasteiger partial charge >= 0.3 is 0 Å². The molecule has 0 spiro atoms. The summed E-state index contributed by atoms with van der Waals surface area (Å²) < 4.78 is 26.6. The van der Waals surface area contributed by atoms with E-state index in [0.29, 0.717) is 25.1 Å². The van der Waals surface area contributed by atoms with Crippen LogP contribution >= 0.6 is 0 Å². The molecule has 1 heterocycles. The fraction of sp³-hybridized carbons (Fsp3) is 0.500. The quantitative estimate of drug-likeness (QED) is 0.720. The van der Waals surface area contributed by atoms with Gasteiger partial charge in [0.1, 0.15) is 0 Å². The van der Waals surface area contributed by atoms with E-state index >= 15 is 0 Å². The molecule has 1 fully saturated rings. The van der Waals surface area contributed by atoms with Crippen LogP contribution in [-0.2, 0) is 16.4 Å². The van der Waals surface area contributed by atoms with Gasteiger partial charge in [-0.25, -0.2) is 8.42 Å². The van der Waals surface area contributed by atoms with Gasteiger partial charge in [0.25, 0.3) is 0 Å². The molecule has 1 saturated heterocycles. The third kappa shape index (κ3) is 3.22. The number of aliphatic hydroxyl groups is 1. The maximum absolute atomic E-state index is 12.0. The molecule has 1 aliphatic heterocycles. The molecule has 1 aliphatic rings. The Morgan fingerprint density at radius 3 is 2.61 bits per heavy atom. The standard InChI is InChI=1S/C12H18N2O3S/c15-8-6-10-1-3-11(4-2-10)14-18(16,17)12-5-7-13-9-12/h1-4,12-15H,5-9H2. The van der Waals surface area contributed by atoms with E-state index < -0.39 is 10.0 Å². The molecular formula is C12H18N2O3S. The first-order chi connectivity index (χ1) is 8.62. The number of hydrogen-bond acceptors (Lipinski definition) is 4. The molecule has 0 saturated carbocycles. The van der Waals surface area contributed by atoms with E-state index in [2.05, 4.69) is 10.0 Å². The van der Waals surface area contributed by atoms with Gasteiger partial charge in [0.15, 0.2) is 0 Å². The van der Waals surface area contributed by atoms with Crippen molar-refractivity contribution in [1.29, 1.82) is 0 Å². The highest BCUT2D eigenvalue weighted by atomic mass is 32.2. The summed E-state index contributed by atoms with van der Waals surface area (Å²) in [4.78, 5) is 0. The molecule has 1 aromatic rings. The van der Waals surface area contributed by atoms with Gasteiger partial charge in [-0.15, -0.1) is 0 Å². The lowest BCUT2D eigenvalue weighted by Crippen LogP contribution is -2.29. The first-order valence-corrected chi connectivity index (χ1v) is 7.58. The highest BCUT2D eigenvalue weighted by Gasteiger charge is 2.28. The van der Waals surface area contributed by atoms with Crippen molar-refractivity contribution in [2.45, 2.75) is 18.1 Å². The van der Waals surface area contributed by atoms with Crippen LogP contribution < -0.4 is 10.0 Å². The Labute approximate surface area is 107 Å². The van der Waals surface area contributed by atoms with Crippen LogP contribution in [0.2, 0.25) is 0 Å². The SMILES string of the molecule is O=S(=O)(Nc1ccc(CCO)cc1)C1CCNC1. The minimum atomic E-state index is -3.30. The van der Waals surface area contributed by atoms with Crippen LogP contribution in [0, 0.1) is 0 Å². The Morgan fingerprint density at radius 1 is 1.33 bits per heavy atom. The zero-order chi connectivity index (χ0) is 13.0. The zero-order valence-corrected chi connectivity index (χ0v) is 10.9. The van der Waals surface area contributed by atoms with Gasteiger partial charge < -0.3 is 10.4 Å². The number of sulfonamides is 1. The minimum Gasteiger partial charge on any atom is -0.396 e. The van der Waals surface area contributed by atoms with Crippen molar-refractivity contribution in [1.82, 2.24) is 5.32 Å². The summed E-state index contributed by atoms with van der Waals surface area (Å²) in [6, 6.07) is 7.10. The van der Waals surface area contributed by atoms with E-state index in [9.17, 15) is 8.42 Å². The van der Waals surface area contributed by atoms with E-state index in [-0.39, 0.29) is 11.9 Å². The molecule has 0 radical (unpaired) electrons. The normalized spacial score (nSPS) is 19.9. The predicted molar refractivity (Wildman–Crippen MR) is 71.0 cm³/mol. The number of nitrogens with one attached hydrogen (secondary N) is 2. The molecule has 2 rings (SSSR count). The summed E-state index contributed by atoms with van der Waals surface area (Å²) in [6.45, 7) is 1.36. The Kier molecular flexibility index (Phi) is 4.21. The van der Waals surface area contributed by atoms with Crippen molar-refractivity contribution in [2.75, 3.05) is 24.4 Å². The van der Waals surface area contributed by atoms with Crippen molar-refractivity contribution in [3.8, 4) is 0 Å². The Bertz CT molecular complexity index is 479. The number of rotatable bonds is 5. The molecule has 1 unspecified atom stereocenters. The molecule has 5 nitrogen and oxygen atoms in total. The number of benzene rings is 1. The summed E-state index contributed by atoms with van der Waals surface area (Å²) in [7, 11) is -3.30. The van der Waals surface area contributed by atoms with Crippen LogP contribution in [0.3, 0.4) is 0 Å². The molecule has 6 heteroatoms. The van der Waals surface area contributed by atoms with Crippen molar-refractivity contribution >= 4 is 15.7 Å². The molecule has 1 atom stereocenters. The maximum Gasteiger partial charge on any atom is 0.236 e. The fourth-order valence-electron chi connectivity index (χ4n) is 2.01. The fourth-order valence-corrected chi connectivity index (χ4v) is 3.41. The van der Waals surface area contributed by atoms with E-state index in [4.69, 9.17) is 5.11 Å². The lowest BCUT2D eigenvalue weighted by Gasteiger charge is -2.13. The van der Waals surface area contributed by atoms with E-state index in [1.807, 2.05) is 12.1 Å². The number of aliphatic hydroxyl groups excluding tert-OH is 1. The van der Waals surface area contributed by atoms with Crippen molar-refractivity contribution in [3.05, 3.63) is 29.8 Å². The molecular weight excluding hydrogens is 252 g/mol. The van der Waals surface area contributed by atoms with E-state index in [1.165, 1.54) is 0 Å². The molecule has 1 aromatic carbocycles. The summed E-state index contributed by atoms with van der Waals surface area (Å²) >= 11 is 0. The van der Waals surface area contributed by atoms with E-state index in [1.54, 1.807) is 12.1 Å². The largest absolute Gasteiger partial charge is 0.396 e. The van der Waals surface area contributed by atoms with Crippen molar-refractivity contribution in [2.24, 2.45) is 0 Å². The smallest absolute Gasteiger partial charge is 0.236 e. The number of anilines is 1. The summed E-state index contributed by atoms with van der Waals surface area (Å²) in [5.74, 6) is 0. The average molecular weight is 270 g/mol. The third-order valence-corrected chi connectivity index (χ3v) is 4.87. The molecule has 0 aromatic heterocycles. The summed E-state index contributed by atoms with van der Waals surface area (Å²) in [6.07, 6.45) is 1.23. The first-order valence-electron chi connectivity index (χ1n) is 6.04. The minimum absolute atomic E-state index is 0.0960. The lowest BCUT2D eigenvalue weighted by atomic mass is 10.1. The second-order valence-electron chi connectivity index (χ2n) is 4.43. The van der Waals surface area contributed by atoms with Crippen LogP contribution in [0.25, 0.3) is 0 Å². The van der Waals surface area contributed by atoms with Gasteiger partial charge in [-0.3, -0.25) is 4.72 Å². The highest BCUT2D eigenvalue weighted by Crippen LogP contribution is 2.16. The van der Waals surface area contributed by atoms with Gasteiger partial charge in [-0.05, 0) is 37.1 Å². The second-order valence-corrected chi connectivity index (χ2v) is 6.39. The maximum atomic E-state index is 12.0. The van der Waals surface area contributed by atoms with Gasteiger partial charge in [0.2, 0.25) is 10.0 Å². The van der Waals surface area contributed by atoms with Crippen LogP contribution in [0.15, 0.2) is 24.3 Å². The van der Waals surface area contributed by atoms with E-state index in [0.717, 1.165) is 12.1 Å². The number of hydrogen-bond donors (Lipinski definition) is 3. The zero-order valence-electron chi connectivity index (χ0n) is 10.1. The topological polar surface area (TPSA) is 78.4 Å². The predicted octanol–water partition coefficient (Wildman–Crippen LogP) is 0.325. The Hall–Kier alpha value is -1.11. The third-order valence-electron chi connectivity index (χ3n) is 3.07. The molecule has 0 aliphatic carbocycles. The molecule has 18 heavy (non-hydrogen) atoms. The first kappa shape index (κ1) is 13.3. The van der Waals surface area contributed by atoms with Crippen LogP contribution in [0.4, 0.5) is 5.69 Å². The molecule has 3 N–H and O–H groups in total. The van der Waals surface area contributed by atoms with Crippen molar-refractivity contribution in [3.63, 3.8) is 0 Å². The van der Waals surface area contributed by atoms with Gasteiger partial charge in [0.05, 0.1) is 5.25 Å². The molecule has 100 valence electrons. The van der Waals surface area contributed by atoms with Gasteiger partial charge in [-0.2, -0.15) is 0 Å². The summed E-state index contributed by atoms with van der Waals surface area (Å²) in [5.41, 5.74) is 1.56. The monoisotopic (exact) mass is 270 g/mol. The van der Waals surface area contributed by atoms with Gasteiger partial charge in [-0.1, -0.05) is 12.1 Å². The van der Waals surface area contributed by atoms with Crippen molar-refractivity contribution < 1.29 is 13.5 Å². The Morgan fingerprint density at radius 2 is 2.06 bits per heavy atom. The molecule has 0 bridgehead atoms. The Balaban J connectivity index is 2.04. The van der Waals surface area contributed by atoms with Gasteiger partial charge in [0, 0.05) is 18.8 Å².